The Balaban J connectivity index is 1.79. The van der Waals surface area contributed by atoms with E-state index in [0.717, 1.165) is 22.5 Å². The molecule has 3 aromatic heterocycles. The van der Waals surface area contributed by atoms with Gasteiger partial charge in [0, 0.05) is 23.6 Å². The van der Waals surface area contributed by atoms with E-state index in [2.05, 4.69) is 4.98 Å². The van der Waals surface area contributed by atoms with E-state index >= 15 is 0 Å². The smallest absolute Gasteiger partial charge is 0.266 e. The third kappa shape index (κ3) is 2.72. The summed E-state index contributed by atoms with van der Waals surface area (Å²) in [6.45, 7) is 2.01. The van der Waals surface area contributed by atoms with Crippen LogP contribution in [0.3, 0.4) is 0 Å². The first-order valence-corrected chi connectivity index (χ1v) is 9.40. The van der Waals surface area contributed by atoms with E-state index in [4.69, 9.17) is 5.10 Å². The predicted molar refractivity (Wildman–Crippen MR) is 111 cm³/mol. The molecule has 6 heteroatoms. The Kier molecular flexibility index (Phi) is 3.98. The highest BCUT2D eigenvalue weighted by molar-refractivity contribution is 5.86. The molecule has 142 valence electrons. The molecule has 29 heavy (non-hydrogen) atoms. The van der Waals surface area contributed by atoms with Gasteiger partial charge in [0.2, 0.25) is 0 Å². The molecular weight excluding hydrogens is 367 g/mol. The molecule has 3 heterocycles. The summed E-state index contributed by atoms with van der Waals surface area (Å²) in [5, 5.41) is 5.20. The fraction of sp³-hybridized carbons (Fsp3) is 0.0870. The Bertz CT molecular complexity index is 1400. The highest BCUT2D eigenvalue weighted by atomic mass is 19.1. The zero-order chi connectivity index (χ0) is 20.0. The van der Waals surface area contributed by atoms with Crippen LogP contribution in [0.4, 0.5) is 4.39 Å². The average molecular weight is 384 g/mol. The largest absolute Gasteiger partial charge is 0.284 e. The minimum absolute atomic E-state index is 0.153. The van der Waals surface area contributed by atoms with Gasteiger partial charge in [0.25, 0.3) is 5.56 Å². The van der Waals surface area contributed by atoms with E-state index in [1.165, 1.54) is 12.1 Å². The normalized spacial score (nSPS) is 11.4. The van der Waals surface area contributed by atoms with Crippen molar-refractivity contribution < 1.29 is 4.39 Å². The van der Waals surface area contributed by atoms with E-state index in [1.54, 1.807) is 33.6 Å². The lowest BCUT2D eigenvalue weighted by molar-refractivity contribution is 0.628. The van der Waals surface area contributed by atoms with Gasteiger partial charge in [-0.25, -0.2) is 13.9 Å². The number of nitrogens with zero attached hydrogens (tertiary/aromatic N) is 4. The third-order valence-corrected chi connectivity index (χ3v) is 5.09. The van der Waals surface area contributed by atoms with Crippen LogP contribution in [0, 0.1) is 5.82 Å². The van der Waals surface area contributed by atoms with Crippen LogP contribution in [0.15, 0.2) is 77.9 Å². The molecule has 0 saturated heterocycles. The predicted octanol–water partition coefficient (Wildman–Crippen LogP) is 4.40. The van der Waals surface area contributed by atoms with Crippen molar-refractivity contribution in [3.63, 3.8) is 0 Å². The Labute approximate surface area is 165 Å². The Morgan fingerprint density at radius 1 is 1.00 bits per heavy atom. The van der Waals surface area contributed by atoms with Gasteiger partial charge in [0.15, 0.2) is 5.65 Å². The molecule has 0 aliphatic rings. The summed E-state index contributed by atoms with van der Waals surface area (Å²) in [6, 6.07) is 17.6. The van der Waals surface area contributed by atoms with E-state index in [0.29, 0.717) is 23.0 Å². The summed E-state index contributed by atoms with van der Waals surface area (Å²) in [6.07, 6.45) is 4.05. The van der Waals surface area contributed by atoms with Gasteiger partial charge in [0.05, 0.1) is 16.6 Å². The molecule has 0 amide bonds. The number of halogens is 1. The number of hydrogen-bond acceptors (Lipinski definition) is 3. The van der Waals surface area contributed by atoms with Gasteiger partial charge in [0.1, 0.15) is 5.82 Å². The van der Waals surface area contributed by atoms with Crippen molar-refractivity contribution in [3.8, 4) is 16.8 Å². The van der Waals surface area contributed by atoms with E-state index in [9.17, 15) is 9.18 Å². The molecule has 5 aromatic rings. The van der Waals surface area contributed by atoms with Gasteiger partial charge >= 0.3 is 0 Å². The summed E-state index contributed by atoms with van der Waals surface area (Å²) in [4.78, 5) is 17.6. The van der Waals surface area contributed by atoms with Gasteiger partial charge in [-0.2, -0.15) is 5.10 Å². The zero-order valence-corrected chi connectivity index (χ0v) is 15.7. The topological polar surface area (TPSA) is 52.2 Å². The summed E-state index contributed by atoms with van der Waals surface area (Å²) < 4.78 is 16.7. The number of aromatic nitrogens is 4. The lowest BCUT2D eigenvalue weighted by atomic mass is 10.0. The Morgan fingerprint density at radius 3 is 2.48 bits per heavy atom. The van der Waals surface area contributed by atoms with Crippen molar-refractivity contribution in [1.82, 2.24) is 19.2 Å². The molecule has 0 aliphatic carbocycles. The molecule has 0 N–H and O–H groups in total. The van der Waals surface area contributed by atoms with Crippen LogP contribution in [0.25, 0.3) is 33.4 Å². The molecule has 0 spiro atoms. The number of aryl methyl sites for hydroxylation is 1. The number of para-hydroxylation sites is 1. The minimum atomic E-state index is -0.289. The van der Waals surface area contributed by atoms with Crippen molar-refractivity contribution >= 4 is 16.6 Å². The Morgan fingerprint density at radius 2 is 1.76 bits per heavy atom. The lowest BCUT2D eigenvalue weighted by Crippen LogP contribution is -2.18. The highest BCUT2D eigenvalue weighted by Gasteiger charge is 2.18. The molecule has 0 aliphatic heterocycles. The maximum absolute atomic E-state index is 13.4. The van der Waals surface area contributed by atoms with Crippen molar-refractivity contribution in [2.75, 3.05) is 0 Å². The van der Waals surface area contributed by atoms with Gasteiger partial charge in [-0.3, -0.25) is 9.36 Å². The van der Waals surface area contributed by atoms with Crippen LogP contribution in [0.5, 0.6) is 0 Å². The van der Waals surface area contributed by atoms with Crippen molar-refractivity contribution in [2.24, 2.45) is 0 Å². The van der Waals surface area contributed by atoms with Crippen molar-refractivity contribution in [3.05, 3.63) is 94.9 Å². The summed E-state index contributed by atoms with van der Waals surface area (Å²) in [5.74, 6) is -0.289. The minimum Gasteiger partial charge on any atom is -0.284 e. The van der Waals surface area contributed by atoms with Gasteiger partial charge in [-0.1, -0.05) is 37.3 Å². The molecule has 0 unspecified atom stereocenters. The van der Waals surface area contributed by atoms with Crippen LogP contribution in [-0.4, -0.2) is 19.2 Å². The third-order valence-electron chi connectivity index (χ3n) is 5.09. The van der Waals surface area contributed by atoms with Crippen LogP contribution >= 0.6 is 0 Å². The van der Waals surface area contributed by atoms with Crippen LogP contribution in [-0.2, 0) is 6.42 Å². The summed E-state index contributed by atoms with van der Waals surface area (Å²) in [7, 11) is 0. The van der Waals surface area contributed by atoms with E-state index < -0.39 is 0 Å². The molecular formula is C23H17FN4O. The van der Waals surface area contributed by atoms with Gasteiger partial charge in [-0.15, -0.1) is 0 Å². The molecule has 2 aromatic carbocycles. The first-order valence-electron chi connectivity index (χ1n) is 9.40. The maximum atomic E-state index is 13.4. The fourth-order valence-corrected chi connectivity index (χ4v) is 3.67. The summed E-state index contributed by atoms with van der Waals surface area (Å²) in [5.41, 5.74) is 4.54. The fourth-order valence-electron chi connectivity index (χ4n) is 3.67. The number of pyridine rings is 1. The number of benzene rings is 2. The molecule has 0 saturated carbocycles. The van der Waals surface area contributed by atoms with Crippen LogP contribution in [0.2, 0.25) is 0 Å². The van der Waals surface area contributed by atoms with Gasteiger partial charge in [-0.05, 0) is 42.3 Å². The second-order valence-electron chi connectivity index (χ2n) is 6.80. The quantitative estimate of drug-likeness (QED) is 0.463. The van der Waals surface area contributed by atoms with Gasteiger partial charge < -0.3 is 0 Å². The Hall–Kier alpha value is -3.80. The zero-order valence-electron chi connectivity index (χ0n) is 15.7. The van der Waals surface area contributed by atoms with E-state index in [-0.39, 0.29) is 11.4 Å². The first kappa shape index (κ1) is 17.3. The molecule has 0 atom stereocenters. The number of fused-ring (bicyclic) bond motifs is 3. The monoisotopic (exact) mass is 384 g/mol. The molecule has 0 fully saturated rings. The molecule has 0 bridgehead atoms. The molecule has 5 rings (SSSR count). The van der Waals surface area contributed by atoms with Crippen molar-refractivity contribution in [1.29, 1.82) is 0 Å². The molecule has 0 radical (unpaired) electrons. The SMILES string of the molecule is CCc1nn2c(ncc3c(=O)n(-c4ccccc4)ccc32)c1-c1ccc(F)cc1. The second-order valence-corrected chi connectivity index (χ2v) is 6.80. The highest BCUT2D eigenvalue weighted by Crippen LogP contribution is 2.29. The lowest BCUT2D eigenvalue weighted by Gasteiger charge is -2.08. The van der Waals surface area contributed by atoms with E-state index in [1.807, 2.05) is 43.3 Å². The number of rotatable bonds is 3. The number of hydrogen-bond donors (Lipinski definition) is 0. The second kappa shape index (κ2) is 6.67. The first-order chi connectivity index (χ1) is 14.2. The van der Waals surface area contributed by atoms with Crippen LogP contribution < -0.4 is 5.56 Å². The average Bonchev–Trinajstić information content (AvgIpc) is 3.14. The maximum Gasteiger partial charge on any atom is 0.266 e. The summed E-state index contributed by atoms with van der Waals surface area (Å²) >= 11 is 0. The standard InChI is InChI=1S/C23H17FN4O/c1-2-19-21(15-8-10-16(24)11-9-15)22-25-14-18-20(28(22)26-19)12-13-27(23(18)29)17-6-4-3-5-7-17/h3-14H,2H2,1H3. The van der Waals surface area contributed by atoms with Crippen molar-refractivity contribution in [2.45, 2.75) is 13.3 Å². The molecule has 5 nitrogen and oxygen atoms in total. The van der Waals surface area contributed by atoms with Crippen LogP contribution in [0.1, 0.15) is 12.6 Å².